The van der Waals surface area contributed by atoms with Crippen LogP contribution in [0.1, 0.15) is 107 Å². The number of imidazole rings is 1. The first-order valence-corrected chi connectivity index (χ1v) is 14.5. The molecule has 0 amide bonds. The Morgan fingerprint density at radius 2 is 1.21 bits per heavy atom. The topological polar surface area (TPSA) is 45.2 Å². The molecule has 6 heteroatoms. The van der Waals surface area contributed by atoms with E-state index in [1.807, 2.05) is 0 Å². The van der Waals surface area contributed by atoms with Gasteiger partial charge in [-0.25, -0.2) is 9.13 Å². The van der Waals surface area contributed by atoms with E-state index in [0.29, 0.717) is 29.5 Å². The summed E-state index contributed by atoms with van der Waals surface area (Å²) >= 11 is 1.75. The number of aromatic nitrogens is 2. The zero-order valence-electron chi connectivity index (χ0n) is 21.4. The number of hydrogen-bond donors (Lipinski definition) is 0. The van der Waals surface area contributed by atoms with Crippen LogP contribution in [0.15, 0.2) is 48.8 Å². The Balaban J connectivity index is 0.00000199. The van der Waals surface area contributed by atoms with Crippen molar-refractivity contribution in [3.63, 3.8) is 0 Å². The van der Waals surface area contributed by atoms with Gasteiger partial charge in [0.1, 0.15) is 23.8 Å². The van der Waals surface area contributed by atoms with Gasteiger partial charge in [-0.3, -0.25) is 0 Å². The summed E-state index contributed by atoms with van der Waals surface area (Å²) < 4.78 is 4.26. The molecule has 4 nitrogen and oxygen atoms in total. The maximum absolute atomic E-state index is 9.58. The molecule has 0 aliphatic heterocycles. The number of rotatable bonds is 7. The van der Waals surface area contributed by atoms with E-state index in [0.717, 1.165) is 11.4 Å². The van der Waals surface area contributed by atoms with Crippen LogP contribution < -0.4 is 4.57 Å². The van der Waals surface area contributed by atoms with Crippen LogP contribution in [0.25, 0.3) is 16.9 Å². The van der Waals surface area contributed by atoms with E-state index in [1.165, 1.54) is 22.3 Å². The summed E-state index contributed by atoms with van der Waals surface area (Å²) in [6.07, 6.45) is 7.04. The van der Waals surface area contributed by atoms with Crippen molar-refractivity contribution >= 4 is 15.4 Å². The van der Waals surface area contributed by atoms with Crippen LogP contribution in [0.4, 0.5) is 0 Å². The van der Waals surface area contributed by atoms with Crippen LogP contribution in [0, 0.1) is 0 Å². The fourth-order valence-electron chi connectivity index (χ4n) is 4.48. The minimum absolute atomic E-state index is 0.354. The van der Waals surface area contributed by atoms with Gasteiger partial charge in [-0.15, -0.1) is 0 Å². The van der Waals surface area contributed by atoms with E-state index in [9.17, 15) is 5.53 Å². The molecule has 1 aromatic heterocycles. The summed E-state index contributed by atoms with van der Waals surface area (Å²) in [5.41, 5.74) is 16.9. The van der Waals surface area contributed by atoms with Gasteiger partial charge in [0.25, 0.3) is 0 Å². The van der Waals surface area contributed by atoms with Crippen LogP contribution >= 0.6 is 9.19 Å². The number of nitrogens with zero attached hydrogens (tertiary/aromatic N) is 4. The van der Waals surface area contributed by atoms with Crippen molar-refractivity contribution in [2.45, 2.75) is 79.1 Å². The number of benzene rings is 2. The zero-order valence-corrected chi connectivity index (χ0v) is 24.3. The quantitative estimate of drug-likeness (QED) is 0.0631. The average Bonchev–Trinajstić information content (AvgIpc) is 3.22. The summed E-state index contributed by atoms with van der Waals surface area (Å²) in [5.74, 6) is 2.12. The fourth-order valence-corrected chi connectivity index (χ4v) is 4.48. The second-order valence-corrected chi connectivity index (χ2v) is 9.76. The van der Waals surface area contributed by atoms with Crippen molar-refractivity contribution in [1.29, 1.82) is 0 Å². The van der Waals surface area contributed by atoms with Gasteiger partial charge in [-0.1, -0.05) is 91.8 Å². The van der Waals surface area contributed by atoms with Crippen molar-refractivity contribution in [3.8, 4) is 11.4 Å². The Morgan fingerprint density at radius 3 is 1.59 bits per heavy atom. The van der Waals surface area contributed by atoms with Crippen molar-refractivity contribution < 1.29 is 29.3 Å². The van der Waals surface area contributed by atoms with Crippen LogP contribution in [0.2, 0.25) is 0 Å². The Labute approximate surface area is 221 Å². The normalized spacial score (nSPS) is 11.1. The second-order valence-electron chi connectivity index (χ2n) is 9.76. The molecule has 1 heterocycles. The first-order chi connectivity index (χ1) is 16.2. The predicted octanol–water partition coefficient (Wildman–Crippen LogP) is 7.46. The minimum atomic E-state index is 0.354. The molecule has 0 radical (unpaired) electrons. The van der Waals surface area contributed by atoms with Crippen molar-refractivity contribution in [3.05, 3.63) is 82.4 Å². The molecule has 0 atom stereocenters. The Hall–Kier alpha value is -1.94. The molecule has 0 N–H and O–H groups in total. The van der Waals surface area contributed by atoms with Crippen LogP contribution in [-0.4, -0.2) is 15.6 Å². The molecule has 0 aliphatic rings. The van der Waals surface area contributed by atoms with Gasteiger partial charge in [0.05, 0.1) is 6.21 Å². The van der Waals surface area contributed by atoms with Crippen molar-refractivity contribution in [2.75, 3.05) is 0 Å². The molecule has 186 valence electrons. The Morgan fingerprint density at radius 1 is 0.794 bits per heavy atom. The van der Waals surface area contributed by atoms with Gasteiger partial charge in [0.15, 0.2) is 5.82 Å². The fraction of sp³-hybridized carbons (Fsp3) is 0.429. The molecule has 0 saturated carbocycles. The molecule has 0 spiro atoms. The molecular formula is C28H36AuClN4. The van der Waals surface area contributed by atoms with Crippen LogP contribution in [0.3, 0.4) is 0 Å². The van der Waals surface area contributed by atoms with Crippen molar-refractivity contribution in [2.24, 2.45) is 0 Å². The molecule has 0 unspecified atom stereocenters. The first kappa shape index (κ1) is 28.3. The van der Waals surface area contributed by atoms with Crippen LogP contribution in [-0.2, 0) is 20.0 Å². The predicted molar refractivity (Wildman–Crippen MR) is 137 cm³/mol. The third-order valence-electron chi connectivity index (χ3n) is 6.14. The first-order valence-electron chi connectivity index (χ1n) is 11.8. The molecule has 0 saturated heterocycles. The Bertz CT molecular complexity index is 1020. The summed E-state index contributed by atoms with van der Waals surface area (Å²) in [6.45, 7) is 17.7. The standard InChI is InChI=1S/C28H36N4.Au.ClH/c1-18(2)22-11-9-12-23(19(3)4)27(22)31-15-16-32(26(31)17-30-29)28-24(20(5)6)13-10-14-25(28)21(7)8;;/h9-16,18-21H,1-8H3;;1H/q;+1;/p-1. The van der Waals surface area contributed by atoms with Gasteiger partial charge in [0.2, 0.25) is 0 Å². The van der Waals surface area contributed by atoms with E-state index in [-0.39, 0.29) is 0 Å². The summed E-state index contributed by atoms with van der Waals surface area (Å²) in [7, 11) is 4.58. The van der Waals surface area contributed by atoms with E-state index in [2.05, 4.69) is 134 Å². The summed E-state index contributed by atoms with van der Waals surface area (Å²) in [5, 5.41) is 0. The molecule has 0 fully saturated rings. The monoisotopic (exact) mass is 660 g/mol. The third kappa shape index (κ3) is 5.82. The molecule has 34 heavy (non-hydrogen) atoms. The molecular weight excluding hydrogens is 625 g/mol. The van der Waals surface area contributed by atoms with Gasteiger partial charge in [-0.2, -0.15) is 0 Å². The molecule has 2 aromatic carbocycles. The van der Waals surface area contributed by atoms with E-state index in [4.69, 9.17) is 0 Å². The molecule has 0 bridgehead atoms. The van der Waals surface area contributed by atoms with Gasteiger partial charge >= 0.3 is 29.2 Å². The third-order valence-corrected chi connectivity index (χ3v) is 6.14. The molecule has 3 rings (SSSR count). The van der Waals surface area contributed by atoms with Gasteiger partial charge in [0, 0.05) is 22.3 Å². The molecule has 0 aliphatic carbocycles. The van der Waals surface area contributed by atoms with Crippen LogP contribution in [0.5, 0.6) is 0 Å². The van der Waals surface area contributed by atoms with E-state index in [1.54, 1.807) is 20.0 Å². The summed E-state index contributed by atoms with van der Waals surface area (Å²) in [4.78, 5) is 3.36. The number of hydrogen-bond acceptors (Lipinski definition) is 0. The number of halogens is 1. The van der Waals surface area contributed by atoms with Gasteiger partial charge < -0.3 is 10.3 Å². The summed E-state index contributed by atoms with van der Waals surface area (Å²) in [6, 6.07) is 13.0. The SMILES string of the molecule is CC(C)c1cccc(C(C)C)c1-n1cc[n+](-c2c(C(C)C)cccc2C(C)C)c1[C-]=[N+]=[N-].[Cl][Au]. The number of para-hydroxylation sites is 2. The zero-order chi connectivity index (χ0) is 25.6. The Kier molecular flexibility index (Phi) is 10.5. The van der Waals surface area contributed by atoms with E-state index < -0.39 is 0 Å². The van der Waals surface area contributed by atoms with Gasteiger partial charge in [-0.05, 0) is 23.7 Å². The average molecular weight is 661 g/mol. The van der Waals surface area contributed by atoms with Crippen molar-refractivity contribution in [1.82, 2.24) is 4.57 Å². The maximum atomic E-state index is 9.58. The molecule has 3 aromatic rings. The van der Waals surface area contributed by atoms with E-state index >= 15 is 0 Å². The second kappa shape index (κ2) is 12.7.